The van der Waals surface area contributed by atoms with Crippen molar-refractivity contribution in [2.75, 3.05) is 0 Å². The average molecular weight is 248 g/mol. The summed E-state index contributed by atoms with van der Waals surface area (Å²) in [4.78, 5) is 18.5. The number of carboxylic acid groups (broad SMARTS) is 1. The standard InChI is InChI=1S/C12H9FN2O3/c1-7-11(15-5-4-14-7)18-8-2-3-9(12(16)17)10(13)6-8/h2-6H,1H3,(H,16,17). The highest BCUT2D eigenvalue weighted by atomic mass is 19.1. The lowest BCUT2D eigenvalue weighted by molar-refractivity contribution is 0.0692. The van der Waals surface area contributed by atoms with Gasteiger partial charge in [0.05, 0.1) is 11.3 Å². The number of carboxylic acids is 1. The molecule has 0 unspecified atom stereocenters. The Morgan fingerprint density at radius 1 is 1.33 bits per heavy atom. The molecule has 0 saturated carbocycles. The van der Waals surface area contributed by atoms with Gasteiger partial charge in [0.15, 0.2) is 0 Å². The smallest absolute Gasteiger partial charge is 0.338 e. The van der Waals surface area contributed by atoms with Gasteiger partial charge >= 0.3 is 5.97 Å². The second kappa shape index (κ2) is 4.79. The maximum absolute atomic E-state index is 13.4. The molecular weight excluding hydrogens is 239 g/mol. The molecule has 0 saturated heterocycles. The van der Waals surface area contributed by atoms with Crippen LogP contribution in [0.4, 0.5) is 4.39 Å². The van der Waals surface area contributed by atoms with Gasteiger partial charge in [-0.2, -0.15) is 0 Å². The maximum Gasteiger partial charge on any atom is 0.338 e. The SMILES string of the molecule is Cc1nccnc1Oc1ccc(C(=O)O)c(F)c1. The van der Waals surface area contributed by atoms with Gasteiger partial charge < -0.3 is 9.84 Å². The average Bonchev–Trinajstić information content (AvgIpc) is 2.32. The van der Waals surface area contributed by atoms with Crippen molar-refractivity contribution in [2.24, 2.45) is 0 Å². The van der Waals surface area contributed by atoms with Crippen LogP contribution in [0.3, 0.4) is 0 Å². The molecular formula is C12H9FN2O3. The summed E-state index contributed by atoms with van der Waals surface area (Å²) in [5.74, 6) is -1.77. The summed E-state index contributed by atoms with van der Waals surface area (Å²) in [5, 5.41) is 8.69. The minimum atomic E-state index is -1.32. The van der Waals surface area contributed by atoms with Crippen LogP contribution in [-0.2, 0) is 0 Å². The number of ether oxygens (including phenoxy) is 1. The molecule has 0 aliphatic carbocycles. The van der Waals surface area contributed by atoms with Crippen molar-refractivity contribution >= 4 is 5.97 Å². The molecule has 0 atom stereocenters. The Kier molecular flexibility index (Phi) is 3.18. The number of rotatable bonds is 3. The van der Waals surface area contributed by atoms with Crippen LogP contribution in [0.25, 0.3) is 0 Å². The minimum Gasteiger partial charge on any atom is -0.478 e. The third-order valence-electron chi connectivity index (χ3n) is 2.22. The molecule has 1 heterocycles. The zero-order chi connectivity index (χ0) is 13.1. The van der Waals surface area contributed by atoms with Gasteiger partial charge in [-0.15, -0.1) is 0 Å². The minimum absolute atomic E-state index is 0.168. The Labute approximate surface area is 102 Å². The molecule has 2 rings (SSSR count). The van der Waals surface area contributed by atoms with Gasteiger partial charge in [0, 0.05) is 18.5 Å². The van der Waals surface area contributed by atoms with Crippen LogP contribution in [0.5, 0.6) is 11.6 Å². The Morgan fingerprint density at radius 3 is 2.67 bits per heavy atom. The molecule has 2 aromatic rings. The third-order valence-corrected chi connectivity index (χ3v) is 2.22. The Bertz CT molecular complexity index is 602. The van der Waals surface area contributed by atoms with E-state index < -0.39 is 17.3 Å². The molecule has 18 heavy (non-hydrogen) atoms. The van der Waals surface area contributed by atoms with E-state index in [9.17, 15) is 9.18 Å². The number of hydrogen-bond acceptors (Lipinski definition) is 4. The summed E-state index contributed by atoms with van der Waals surface area (Å²) < 4.78 is 18.7. The van der Waals surface area contributed by atoms with Crippen molar-refractivity contribution in [3.05, 3.63) is 47.7 Å². The predicted octanol–water partition coefficient (Wildman–Crippen LogP) is 2.41. The van der Waals surface area contributed by atoms with E-state index in [0.29, 0.717) is 5.69 Å². The van der Waals surface area contributed by atoms with Gasteiger partial charge in [0.1, 0.15) is 11.6 Å². The summed E-state index contributed by atoms with van der Waals surface area (Å²) in [6.45, 7) is 1.70. The fourth-order valence-corrected chi connectivity index (χ4v) is 1.34. The molecule has 6 heteroatoms. The van der Waals surface area contributed by atoms with E-state index in [1.807, 2.05) is 0 Å². The van der Waals surface area contributed by atoms with Crippen LogP contribution >= 0.6 is 0 Å². The van der Waals surface area contributed by atoms with Gasteiger partial charge in [-0.05, 0) is 19.1 Å². The third kappa shape index (κ3) is 2.42. The van der Waals surface area contributed by atoms with Crippen LogP contribution < -0.4 is 4.74 Å². The molecule has 0 amide bonds. The van der Waals surface area contributed by atoms with E-state index in [1.54, 1.807) is 6.92 Å². The number of benzene rings is 1. The fourth-order valence-electron chi connectivity index (χ4n) is 1.34. The van der Waals surface area contributed by atoms with Crippen LogP contribution in [0.2, 0.25) is 0 Å². The van der Waals surface area contributed by atoms with Crippen molar-refractivity contribution in [3.8, 4) is 11.6 Å². The van der Waals surface area contributed by atoms with E-state index in [1.165, 1.54) is 18.5 Å². The molecule has 0 aliphatic heterocycles. The molecule has 0 radical (unpaired) electrons. The normalized spacial score (nSPS) is 10.1. The topological polar surface area (TPSA) is 72.3 Å². The number of carbonyl (C=O) groups is 1. The number of aryl methyl sites for hydroxylation is 1. The number of halogens is 1. The fraction of sp³-hybridized carbons (Fsp3) is 0.0833. The van der Waals surface area contributed by atoms with Crippen LogP contribution in [0.15, 0.2) is 30.6 Å². The molecule has 92 valence electrons. The molecule has 0 fully saturated rings. The first-order valence-electron chi connectivity index (χ1n) is 5.06. The van der Waals surface area contributed by atoms with E-state index in [4.69, 9.17) is 9.84 Å². The molecule has 0 bridgehead atoms. The lowest BCUT2D eigenvalue weighted by Crippen LogP contribution is -2.01. The van der Waals surface area contributed by atoms with Gasteiger partial charge in [-0.25, -0.2) is 14.2 Å². The maximum atomic E-state index is 13.4. The highest BCUT2D eigenvalue weighted by Crippen LogP contribution is 2.23. The van der Waals surface area contributed by atoms with Gasteiger partial charge in [-0.3, -0.25) is 4.98 Å². The Morgan fingerprint density at radius 2 is 2.06 bits per heavy atom. The number of aromatic nitrogens is 2. The molecule has 1 aromatic carbocycles. The van der Waals surface area contributed by atoms with Crippen molar-refractivity contribution < 1.29 is 19.0 Å². The van der Waals surface area contributed by atoms with Gasteiger partial charge in [0.2, 0.25) is 5.88 Å². The zero-order valence-electron chi connectivity index (χ0n) is 9.42. The van der Waals surface area contributed by atoms with Crippen LogP contribution in [0, 0.1) is 12.7 Å². The van der Waals surface area contributed by atoms with Crippen LogP contribution in [0.1, 0.15) is 16.1 Å². The zero-order valence-corrected chi connectivity index (χ0v) is 9.42. The van der Waals surface area contributed by atoms with E-state index >= 15 is 0 Å². The van der Waals surface area contributed by atoms with Crippen molar-refractivity contribution in [1.82, 2.24) is 9.97 Å². The van der Waals surface area contributed by atoms with Gasteiger partial charge in [0.25, 0.3) is 0 Å². The van der Waals surface area contributed by atoms with E-state index in [-0.39, 0.29) is 11.6 Å². The number of nitrogens with zero attached hydrogens (tertiary/aromatic N) is 2. The summed E-state index contributed by atoms with van der Waals surface area (Å²) >= 11 is 0. The number of hydrogen-bond donors (Lipinski definition) is 1. The van der Waals surface area contributed by atoms with E-state index in [2.05, 4.69) is 9.97 Å². The largest absolute Gasteiger partial charge is 0.478 e. The van der Waals surface area contributed by atoms with Crippen molar-refractivity contribution in [1.29, 1.82) is 0 Å². The molecule has 0 aliphatic rings. The highest BCUT2D eigenvalue weighted by molar-refractivity contribution is 5.88. The lowest BCUT2D eigenvalue weighted by atomic mass is 10.2. The summed E-state index contributed by atoms with van der Waals surface area (Å²) in [7, 11) is 0. The molecule has 1 N–H and O–H groups in total. The first kappa shape index (κ1) is 12.0. The second-order valence-electron chi connectivity index (χ2n) is 3.50. The summed E-state index contributed by atoms with van der Waals surface area (Å²) in [6.07, 6.45) is 2.96. The molecule has 0 spiro atoms. The van der Waals surface area contributed by atoms with Crippen LogP contribution in [-0.4, -0.2) is 21.0 Å². The van der Waals surface area contributed by atoms with Gasteiger partial charge in [-0.1, -0.05) is 0 Å². The lowest BCUT2D eigenvalue weighted by Gasteiger charge is -2.07. The van der Waals surface area contributed by atoms with E-state index in [0.717, 1.165) is 12.1 Å². The predicted molar refractivity (Wildman–Crippen MR) is 60.2 cm³/mol. The second-order valence-corrected chi connectivity index (χ2v) is 3.50. The first-order chi connectivity index (χ1) is 8.58. The monoisotopic (exact) mass is 248 g/mol. The molecule has 1 aromatic heterocycles. The van der Waals surface area contributed by atoms with Crippen molar-refractivity contribution in [2.45, 2.75) is 6.92 Å². The first-order valence-corrected chi connectivity index (χ1v) is 5.06. The molecule has 5 nitrogen and oxygen atoms in total. The Hall–Kier alpha value is -2.50. The summed E-state index contributed by atoms with van der Waals surface area (Å²) in [6, 6.07) is 3.50. The van der Waals surface area contributed by atoms with Crippen molar-refractivity contribution in [3.63, 3.8) is 0 Å². The highest BCUT2D eigenvalue weighted by Gasteiger charge is 2.12. The number of aromatic carboxylic acids is 1. The Balaban J connectivity index is 2.29. The quantitative estimate of drug-likeness (QED) is 0.902. The summed E-state index contributed by atoms with van der Waals surface area (Å²) in [5.41, 5.74) is 0.151.